The molecule has 0 saturated heterocycles. The molecule has 3 heterocycles. The van der Waals surface area contributed by atoms with Crippen LogP contribution >= 0.6 is 11.3 Å². The SMILES string of the molecule is COC(=O)c1c(NC(=O)c2ccnn2C(C)C)sc2c1CC(C)(C)NC2(C)C. The lowest BCUT2D eigenvalue weighted by molar-refractivity contribution is 0.0600. The molecule has 0 atom stereocenters. The number of thiophene rings is 1. The van der Waals surface area contributed by atoms with E-state index in [1.807, 2.05) is 13.8 Å². The molecule has 3 rings (SSSR count). The summed E-state index contributed by atoms with van der Waals surface area (Å²) >= 11 is 1.43. The zero-order chi connectivity index (χ0) is 20.9. The number of amides is 1. The van der Waals surface area contributed by atoms with E-state index >= 15 is 0 Å². The number of fused-ring (bicyclic) bond motifs is 1. The van der Waals surface area contributed by atoms with Crippen molar-refractivity contribution >= 4 is 28.2 Å². The maximum atomic E-state index is 12.9. The molecule has 0 saturated carbocycles. The van der Waals surface area contributed by atoms with Crippen LogP contribution in [0.15, 0.2) is 12.3 Å². The van der Waals surface area contributed by atoms with E-state index in [1.54, 1.807) is 16.9 Å². The van der Waals surface area contributed by atoms with E-state index in [1.165, 1.54) is 18.4 Å². The van der Waals surface area contributed by atoms with Crippen LogP contribution in [0.5, 0.6) is 0 Å². The van der Waals surface area contributed by atoms with Crippen molar-refractivity contribution in [2.75, 3.05) is 12.4 Å². The van der Waals surface area contributed by atoms with Gasteiger partial charge in [-0.2, -0.15) is 5.10 Å². The van der Waals surface area contributed by atoms with Gasteiger partial charge in [-0.1, -0.05) is 0 Å². The smallest absolute Gasteiger partial charge is 0.341 e. The molecule has 0 aliphatic carbocycles. The van der Waals surface area contributed by atoms with Gasteiger partial charge in [0, 0.05) is 28.2 Å². The van der Waals surface area contributed by atoms with Crippen molar-refractivity contribution < 1.29 is 14.3 Å². The molecule has 2 aromatic heterocycles. The van der Waals surface area contributed by atoms with Crippen LogP contribution in [0.3, 0.4) is 0 Å². The van der Waals surface area contributed by atoms with Gasteiger partial charge >= 0.3 is 5.97 Å². The fourth-order valence-electron chi connectivity index (χ4n) is 4.01. The second kappa shape index (κ2) is 7.00. The molecular formula is C20H28N4O3S. The summed E-state index contributed by atoms with van der Waals surface area (Å²) in [4.78, 5) is 26.6. The maximum absolute atomic E-state index is 12.9. The molecule has 1 aliphatic rings. The molecule has 2 N–H and O–H groups in total. The van der Waals surface area contributed by atoms with Gasteiger partial charge < -0.3 is 15.4 Å². The number of nitrogens with one attached hydrogen (secondary N) is 2. The first-order valence-corrected chi connectivity index (χ1v) is 10.2. The van der Waals surface area contributed by atoms with Gasteiger partial charge in [0.1, 0.15) is 10.7 Å². The third-order valence-electron chi connectivity index (χ3n) is 4.85. The van der Waals surface area contributed by atoms with Gasteiger partial charge in [0.25, 0.3) is 5.91 Å². The molecule has 0 aromatic carbocycles. The number of carbonyl (C=O) groups excluding carboxylic acids is 2. The predicted molar refractivity (Wildman–Crippen MR) is 110 cm³/mol. The lowest BCUT2D eigenvalue weighted by atomic mass is 9.81. The Balaban J connectivity index is 2.07. The fraction of sp³-hybridized carbons (Fsp3) is 0.550. The Bertz CT molecular complexity index is 924. The topological polar surface area (TPSA) is 85.2 Å². The minimum atomic E-state index is -0.432. The molecule has 2 aromatic rings. The van der Waals surface area contributed by atoms with Crippen molar-refractivity contribution in [3.05, 3.63) is 34.0 Å². The van der Waals surface area contributed by atoms with Crippen LogP contribution in [0.2, 0.25) is 0 Å². The van der Waals surface area contributed by atoms with Gasteiger partial charge in [-0.25, -0.2) is 4.79 Å². The molecular weight excluding hydrogens is 376 g/mol. The second-order valence-electron chi connectivity index (χ2n) is 8.62. The van der Waals surface area contributed by atoms with Gasteiger partial charge in [-0.15, -0.1) is 11.3 Å². The summed E-state index contributed by atoms with van der Waals surface area (Å²) in [7, 11) is 1.36. The van der Waals surface area contributed by atoms with Gasteiger partial charge in [0.05, 0.1) is 12.7 Å². The Morgan fingerprint density at radius 2 is 2.00 bits per heavy atom. The summed E-state index contributed by atoms with van der Waals surface area (Å²) in [6.07, 6.45) is 2.28. The Hall–Kier alpha value is -2.19. The summed E-state index contributed by atoms with van der Waals surface area (Å²) in [6.45, 7) is 12.3. The lowest BCUT2D eigenvalue weighted by Gasteiger charge is -2.42. The first-order chi connectivity index (χ1) is 13.0. The maximum Gasteiger partial charge on any atom is 0.341 e. The second-order valence-corrected chi connectivity index (χ2v) is 9.65. The van der Waals surface area contributed by atoms with Crippen LogP contribution in [0.4, 0.5) is 5.00 Å². The monoisotopic (exact) mass is 404 g/mol. The van der Waals surface area contributed by atoms with Gasteiger partial charge in [-0.05, 0) is 59.6 Å². The number of aromatic nitrogens is 2. The van der Waals surface area contributed by atoms with E-state index in [2.05, 4.69) is 43.4 Å². The average molecular weight is 405 g/mol. The molecule has 0 spiro atoms. The average Bonchev–Trinajstić information content (AvgIpc) is 3.17. The molecule has 0 fully saturated rings. The van der Waals surface area contributed by atoms with Gasteiger partial charge in [0.15, 0.2) is 0 Å². The number of methoxy groups -OCH3 is 1. The van der Waals surface area contributed by atoms with Crippen molar-refractivity contribution in [3.8, 4) is 0 Å². The highest BCUT2D eigenvalue weighted by Gasteiger charge is 2.42. The molecule has 1 amide bonds. The van der Waals surface area contributed by atoms with E-state index in [0.717, 1.165) is 10.4 Å². The van der Waals surface area contributed by atoms with E-state index in [9.17, 15) is 9.59 Å². The van der Waals surface area contributed by atoms with Crippen molar-refractivity contribution in [1.29, 1.82) is 0 Å². The van der Waals surface area contributed by atoms with Crippen LogP contribution in [0.1, 0.15) is 78.9 Å². The number of anilines is 1. The summed E-state index contributed by atoms with van der Waals surface area (Å²) in [5, 5.41) is 11.3. The molecule has 0 radical (unpaired) electrons. The number of ether oxygens (including phenoxy) is 1. The van der Waals surface area contributed by atoms with Crippen molar-refractivity contribution in [3.63, 3.8) is 0 Å². The zero-order valence-electron chi connectivity index (χ0n) is 17.5. The van der Waals surface area contributed by atoms with E-state index in [-0.39, 0.29) is 23.0 Å². The molecule has 8 heteroatoms. The highest BCUT2D eigenvalue weighted by atomic mass is 32.1. The Morgan fingerprint density at radius 1 is 1.32 bits per heavy atom. The van der Waals surface area contributed by atoms with Crippen LogP contribution in [-0.2, 0) is 16.7 Å². The summed E-state index contributed by atoms with van der Waals surface area (Å²) in [5.74, 6) is -0.723. The normalized spacial score (nSPS) is 17.3. The highest BCUT2D eigenvalue weighted by Crippen LogP contribution is 2.45. The molecule has 0 bridgehead atoms. The molecule has 7 nitrogen and oxygen atoms in total. The lowest BCUT2D eigenvalue weighted by Crippen LogP contribution is -2.55. The first kappa shape index (κ1) is 20.5. The van der Waals surface area contributed by atoms with Gasteiger partial charge in [0.2, 0.25) is 0 Å². The van der Waals surface area contributed by atoms with E-state index in [0.29, 0.717) is 22.7 Å². The number of hydrogen-bond acceptors (Lipinski definition) is 6. The van der Waals surface area contributed by atoms with Gasteiger partial charge in [-0.3, -0.25) is 9.48 Å². The number of esters is 1. The summed E-state index contributed by atoms with van der Waals surface area (Å²) in [5.41, 5.74) is 1.34. The summed E-state index contributed by atoms with van der Waals surface area (Å²) in [6, 6.07) is 1.73. The predicted octanol–water partition coefficient (Wildman–Crippen LogP) is 3.72. The van der Waals surface area contributed by atoms with Crippen LogP contribution in [-0.4, -0.2) is 34.3 Å². The highest BCUT2D eigenvalue weighted by molar-refractivity contribution is 7.17. The van der Waals surface area contributed by atoms with Crippen LogP contribution in [0.25, 0.3) is 0 Å². The standard InChI is InChI=1S/C20H28N4O3S/c1-11(2)24-13(8-9-21-24)16(25)22-17-14(18(26)27-7)12-10-19(3,4)23-20(5,6)15(12)28-17/h8-9,11,23H,10H2,1-7H3,(H,22,25). The Labute approximate surface area is 169 Å². The van der Waals surface area contributed by atoms with Crippen molar-refractivity contribution in [1.82, 2.24) is 15.1 Å². The number of hydrogen-bond donors (Lipinski definition) is 2. The van der Waals surface area contributed by atoms with E-state index < -0.39 is 5.97 Å². The quantitative estimate of drug-likeness (QED) is 0.759. The Kier molecular flexibility index (Phi) is 5.14. The third-order valence-corrected chi connectivity index (χ3v) is 6.32. The number of rotatable bonds is 4. The van der Waals surface area contributed by atoms with Crippen LogP contribution < -0.4 is 10.6 Å². The minimum Gasteiger partial charge on any atom is -0.465 e. The van der Waals surface area contributed by atoms with Crippen molar-refractivity contribution in [2.24, 2.45) is 0 Å². The molecule has 1 aliphatic heterocycles. The third kappa shape index (κ3) is 3.58. The van der Waals surface area contributed by atoms with E-state index in [4.69, 9.17) is 4.74 Å². The number of nitrogens with zero attached hydrogens (tertiary/aromatic N) is 2. The molecule has 28 heavy (non-hydrogen) atoms. The summed E-state index contributed by atoms with van der Waals surface area (Å²) < 4.78 is 6.71. The first-order valence-electron chi connectivity index (χ1n) is 9.35. The van der Waals surface area contributed by atoms with Crippen LogP contribution in [0, 0.1) is 0 Å². The molecule has 0 unspecified atom stereocenters. The largest absolute Gasteiger partial charge is 0.465 e. The zero-order valence-corrected chi connectivity index (χ0v) is 18.3. The number of carbonyl (C=O) groups is 2. The fourth-order valence-corrected chi connectivity index (χ4v) is 5.27. The Morgan fingerprint density at radius 3 is 2.61 bits per heavy atom. The minimum absolute atomic E-state index is 0.0521. The van der Waals surface area contributed by atoms with Crippen molar-refractivity contribution in [2.45, 2.75) is 65.1 Å². The molecule has 152 valence electrons.